The number of halogens is 1. The number of β-amino-alcohol motifs (C(OH)–C–C–N with tert-alkyl or cyclic N) is 1. The van der Waals surface area contributed by atoms with E-state index in [9.17, 15) is 5.11 Å². The molecule has 0 aromatic heterocycles. The van der Waals surface area contributed by atoms with Crippen LogP contribution in [0, 0.1) is 0 Å². The number of hydrogen-bond donors (Lipinski definition) is 1. The van der Waals surface area contributed by atoms with E-state index in [4.69, 9.17) is 16.3 Å². The molecule has 4 heteroatoms. The second kappa shape index (κ2) is 7.25. The number of aliphatic hydroxyl groups excluding tert-OH is 1. The molecular weight excluding hydrogens is 298 g/mol. The minimum absolute atomic E-state index is 0.0708. The van der Waals surface area contributed by atoms with Crippen molar-refractivity contribution < 1.29 is 9.84 Å². The fourth-order valence-electron chi connectivity index (χ4n) is 2.80. The summed E-state index contributed by atoms with van der Waals surface area (Å²) < 4.78 is 5.86. The van der Waals surface area contributed by atoms with E-state index in [1.165, 1.54) is 5.56 Å². The van der Waals surface area contributed by atoms with Crippen molar-refractivity contribution in [2.75, 3.05) is 26.2 Å². The highest BCUT2D eigenvalue weighted by Gasteiger charge is 2.23. The molecule has 2 aromatic rings. The summed E-state index contributed by atoms with van der Waals surface area (Å²) in [5.74, 6) is 0. The zero-order chi connectivity index (χ0) is 15.4. The first kappa shape index (κ1) is 15.5. The molecule has 3 rings (SSSR count). The molecule has 1 fully saturated rings. The minimum atomic E-state index is -0.534. The van der Waals surface area contributed by atoms with Crippen molar-refractivity contribution >= 4 is 11.6 Å². The van der Waals surface area contributed by atoms with Gasteiger partial charge in [0.15, 0.2) is 0 Å². The van der Waals surface area contributed by atoms with Crippen molar-refractivity contribution in [1.29, 1.82) is 0 Å². The van der Waals surface area contributed by atoms with Crippen molar-refractivity contribution in [3.05, 3.63) is 70.7 Å². The van der Waals surface area contributed by atoms with Gasteiger partial charge in [0.05, 0.1) is 18.8 Å². The number of benzene rings is 2. The maximum absolute atomic E-state index is 10.4. The van der Waals surface area contributed by atoms with Crippen molar-refractivity contribution in [2.24, 2.45) is 0 Å². The number of morpholine rings is 1. The zero-order valence-corrected chi connectivity index (χ0v) is 13.1. The van der Waals surface area contributed by atoms with E-state index in [0.29, 0.717) is 18.2 Å². The monoisotopic (exact) mass is 317 g/mol. The summed E-state index contributed by atoms with van der Waals surface area (Å²) in [6, 6.07) is 17.6. The molecule has 1 aliphatic rings. The van der Waals surface area contributed by atoms with Crippen LogP contribution in [0.15, 0.2) is 54.6 Å². The van der Waals surface area contributed by atoms with Gasteiger partial charge in [0, 0.05) is 24.7 Å². The molecule has 1 aliphatic heterocycles. The average molecular weight is 318 g/mol. The van der Waals surface area contributed by atoms with Crippen molar-refractivity contribution in [1.82, 2.24) is 4.90 Å². The molecule has 1 saturated heterocycles. The molecule has 2 unspecified atom stereocenters. The highest BCUT2D eigenvalue weighted by Crippen LogP contribution is 2.24. The predicted octanol–water partition coefficient (Wildman–Crippen LogP) is 3.45. The Balaban J connectivity index is 1.63. The molecule has 3 nitrogen and oxygen atoms in total. The van der Waals surface area contributed by atoms with E-state index in [1.54, 1.807) is 0 Å². The van der Waals surface area contributed by atoms with Gasteiger partial charge in [-0.1, -0.05) is 54.1 Å². The largest absolute Gasteiger partial charge is 0.387 e. The van der Waals surface area contributed by atoms with E-state index in [0.717, 1.165) is 18.7 Å². The van der Waals surface area contributed by atoms with Crippen LogP contribution in [0.2, 0.25) is 5.02 Å². The van der Waals surface area contributed by atoms with Crippen molar-refractivity contribution in [3.63, 3.8) is 0 Å². The number of ether oxygens (including phenoxy) is 1. The fraction of sp³-hybridized carbons (Fsp3) is 0.333. The third-order valence-electron chi connectivity index (χ3n) is 3.99. The lowest BCUT2D eigenvalue weighted by Gasteiger charge is -2.34. The molecule has 2 atom stereocenters. The van der Waals surface area contributed by atoms with Crippen LogP contribution in [-0.4, -0.2) is 36.2 Å². The van der Waals surface area contributed by atoms with Gasteiger partial charge in [0.2, 0.25) is 0 Å². The molecule has 116 valence electrons. The summed E-state index contributed by atoms with van der Waals surface area (Å²) in [7, 11) is 0. The number of rotatable bonds is 4. The van der Waals surface area contributed by atoms with Gasteiger partial charge in [-0.05, 0) is 23.3 Å². The maximum atomic E-state index is 10.4. The van der Waals surface area contributed by atoms with Gasteiger partial charge in [-0.25, -0.2) is 0 Å². The van der Waals surface area contributed by atoms with Crippen LogP contribution < -0.4 is 0 Å². The normalized spacial score (nSPS) is 20.7. The summed E-state index contributed by atoms with van der Waals surface area (Å²) in [5, 5.41) is 11.1. The molecular formula is C18H20ClNO2. The van der Waals surface area contributed by atoms with Crippen LogP contribution in [0.25, 0.3) is 0 Å². The molecule has 0 spiro atoms. The van der Waals surface area contributed by atoms with Crippen LogP contribution in [0.1, 0.15) is 23.3 Å². The molecule has 0 amide bonds. The number of aliphatic hydroxyl groups is 1. The third-order valence-corrected chi connectivity index (χ3v) is 4.22. The lowest BCUT2D eigenvalue weighted by atomic mass is 10.1. The standard InChI is InChI=1S/C18H20ClNO2/c19-16-8-4-7-15(11-16)17(21)12-20-9-10-22-18(13-20)14-5-2-1-3-6-14/h1-8,11,17-18,21H,9-10,12-13H2. The minimum Gasteiger partial charge on any atom is -0.387 e. The zero-order valence-electron chi connectivity index (χ0n) is 12.4. The molecule has 22 heavy (non-hydrogen) atoms. The molecule has 0 saturated carbocycles. The Bertz CT molecular complexity index is 605. The first-order chi connectivity index (χ1) is 10.7. The van der Waals surface area contributed by atoms with Gasteiger partial charge in [-0.2, -0.15) is 0 Å². The van der Waals surface area contributed by atoms with Gasteiger partial charge in [0.1, 0.15) is 0 Å². The Hall–Kier alpha value is -1.39. The van der Waals surface area contributed by atoms with E-state index < -0.39 is 6.10 Å². The SMILES string of the molecule is OC(CN1CCOC(c2ccccc2)C1)c1cccc(Cl)c1. The second-order valence-electron chi connectivity index (χ2n) is 5.60. The highest BCUT2D eigenvalue weighted by molar-refractivity contribution is 6.30. The number of hydrogen-bond acceptors (Lipinski definition) is 3. The lowest BCUT2D eigenvalue weighted by molar-refractivity contribution is -0.0424. The van der Waals surface area contributed by atoms with E-state index in [2.05, 4.69) is 17.0 Å². The van der Waals surface area contributed by atoms with Crippen LogP contribution in [0.4, 0.5) is 0 Å². The summed E-state index contributed by atoms with van der Waals surface area (Å²) >= 11 is 5.99. The highest BCUT2D eigenvalue weighted by atomic mass is 35.5. The summed E-state index contributed by atoms with van der Waals surface area (Å²) in [4.78, 5) is 2.24. The van der Waals surface area contributed by atoms with Gasteiger partial charge in [-0.15, -0.1) is 0 Å². The quantitative estimate of drug-likeness (QED) is 0.937. The first-order valence-electron chi connectivity index (χ1n) is 7.55. The topological polar surface area (TPSA) is 32.7 Å². The van der Waals surface area contributed by atoms with E-state index in [-0.39, 0.29) is 6.10 Å². The molecule has 1 heterocycles. The Morgan fingerprint density at radius 1 is 1.18 bits per heavy atom. The van der Waals surface area contributed by atoms with Crippen LogP contribution in [-0.2, 0) is 4.74 Å². The smallest absolute Gasteiger partial charge is 0.0952 e. The summed E-state index contributed by atoms with van der Waals surface area (Å²) in [5.41, 5.74) is 2.04. The Morgan fingerprint density at radius 3 is 2.77 bits per heavy atom. The van der Waals surface area contributed by atoms with Gasteiger partial charge < -0.3 is 9.84 Å². The van der Waals surface area contributed by atoms with Gasteiger partial charge in [-0.3, -0.25) is 4.90 Å². The predicted molar refractivity (Wildman–Crippen MR) is 88.0 cm³/mol. The fourth-order valence-corrected chi connectivity index (χ4v) is 3.00. The maximum Gasteiger partial charge on any atom is 0.0952 e. The molecule has 1 N–H and O–H groups in total. The molecule has 0 radical (unpaired) electrons. The Morgan fingerprint density at radius 2 is 2.00 bits per heavy atom. The lowest BCUT2D eigenvalue weighted by Crippen LogP contribution is -2.40. The van der Waals surface area contributed by atoms with Crippen LogP contribution in [0.5, 0.6) is 0 Å². The Kier molecular flexibility index (Phi) is 5.11. The van der Waals surface area contributed by atoms with Gasteiger partial charge >= 0.3 is 0 Å². The number of nitrogens with zero attached hydrogens (tertiary/aromatic N) is 1. The average Bonchev–Trinajstić information content (AvgIpc) is 2.56. The summed E-state index contributed by atoms with van der Waals surface area (Å²) in [6.07, 6.45) is -0.463. The van der Waals surface area contributed by atoms with Crippen LogP contribution in [0.3, 0.4) is 0 Å². The van der Waals surface area contributed by atoms with Crippen LogP contribution >= 0.6 is 11.6 Å². The molecule has 0 aliphatic carbocycles. The van der Waals surface area contributed by atoms with Crippen molar-refractivity contribution in [2.45, 2.75) is 12.2 Å². The second-order valence-corrected chi connectivity index (χ2v) is 6.04. The molecule has 2 aromatic carbocycles. The van der Waals surface area contributed by atoms with Gasteiger partial charge in [0.25, 0.3) is 0 Å². The van der Waals surface area contributed by atoms with Crippen molar-refractivity contribution in [3.8, 4) is 0 Å². The Labute approximate surface area is 136 Å². The molecule has 0 bridgehead atoms. The third kappa shape index (κ3) is 3.87. The van der Waals surface area contributed by atoms with E-state index in [1.807, 2.05) is 42.5 Å². The van der Waals surface area contributed by atoms with E-state index >= 15 is 0 Å². The first-order valence-corrected chi connectivity index (χ1v) is 7.92. The summed E-state index contributed by atoms with van der Waals surface area (Å²) in [6.45, 7) is 2.90.